The van der Waals surface area contributed by atoms with Crippen molar-refractivity contribution >= 4 is 43.1 Å². The van der Waals surface area contributed by atoms with E-state index in [1.807, 2.05) is 6.92 Å². The number of methoxy groups -OCH3 is 1. The number of benzene rings is 1. The second-order valence-corrected chi connectivity index (χ2v) is 7.98. The summed E-state index contributed by atoms with van der Waals surface area (Å²) >= 11 is 4.80. The summed E-state index contributed by atoms with van der Waals surface area (Å²) in [6, 6.07) is 3.39. The SMILES string of the molecule is CCCC(=O)c1cc2c(F)c(OCC3(CBr)CC3)c(OC)cc2s1. The van der Waals surface area contributed by atoms with Gasteiger partial charge in [0, 0.05) is 33.3 Å². The topological polar surface area (TPSA) is 35.5 Å². The van der Waals surface area contributed by atoms with Crippen molar-refractivity contribution in [1.29, 1.82) is 0 Å². The monoisotopic (exact) mass is 414 g/mol. The molecule has 3 rings (SSSR count). The lowest BCUT2D eigenvalue weighted by atomic mass is 10.1. The fourth-order valence-electron chi connectivity index (χ4n) is 2.59. The van der Waals surface area contributed by atoms with Gasteiger partial charge in [-0.3, -0.25) is 4.79 Å². The molecule has 1 aliphatic carbocycles. The molecule has 1 saturated carbocycles. The van der Waals surface area contributed by atoms with Gasteiger partial charge in [0.25, 0.3) is 0 Å². The largest absolute Gasteiger partial charge is 0.493 e. The van der Waals surface area contributed by atoms with Crippen LogP contribution in [0.5, 0.6) is 11.5 Å². The number of carbonyl (C=O) groups excluding carboxylic acids is 1. The number of fused-ring (bicyclic) bond motifs is 1. The molecule has 1 aromatic carbocycles. The fourth-order valence-corrected chi connectivity index (χ4v) is 4.37. The summed E-state index contributed by atoms with van der Waals surface area (Å²) in [6.45, 7) is 2.42. The summed E-state index contributed by atoms with van der Waals surface area (Å²) in [5.41, 5.74) is 0.114. The van der Waals surface area contributed by atoms with E-state index in [4.69, 9.17) is 9.47 Å². The highest BCUT2D eigenvalue weighted by Gasteiger charge is 2.42. The number of alkyl halides is 1. The number of halogens is 2. The van der Waals surface area contributed by atoms with Crippen molar-refractivity contribution in [3.05, 3.63) is 22.8 Å². The number of ketones is 1. The third-order valence-corrected chi connectivity index (χ3v) is 6.73. The molecule has 0 atom stereocenters. The molecule has 24 heavy (non-hydrogen) atoms. The molecule has 2 aromatic rings. The number of rotatable bonds is 8. The molecule has 0 saturated heterocycles. The van der Waals surface area contributed by atoms with Crippen LogP contribution in [0.4, 0.5) is 4.39 Å². The fraction of sp³-hybridized carbons (Fsp3) is 0.500. The Balaban J connectivity index is 1.95. The summed E-state index contributed by atoms with van der Waals surface area (Å²) in [4.78, 5) is 12.7. The molecule has 130 valence electrons. The van der Waals surface area contributed by atoms with Crippen molar-refractivity contribution in [3.8, 4) is 11.5 Å². The van der Waals surface area contributed by atoms with E-state index < -0.39 is 5.82 Å². The highest BCUT2D eigenvalue weighted by atomic mass is 79.9. The van der Waals surface area contributed by atoms with Gasteiger partial charge < -0.3 is 9.47 Å². The second-order valence-electron chi connectivity index (χ2n) is 6.34. The first-order chi connectivity index (χ1) is 11.5. The van der Waals surface area contributed by atoms with Crippen molar-refractivity contribution in [3.63, 3.8) is 0 Å². The van der Waals surface area contributed by atoms with Crippen LogP contribution in [-0.4, -0.2) is 24.8 Å². The van der Waals surface area contributed by atoms with Crippen LogP contribution >= 0.6 is 27.3 Å². The average molecular weight is 415 g/mol. The van der Waals surface area contributed by atoms with Gasteiger partial charge in [0.2, 0.25) is 0 Å². The second kappa shape index (κ2) is 7.00. The first-order valence-corrected chi connectivity index (χ1v) is 9.99. The maximum Gasteiger partial charge on any atom is 0.197 e. The molecule has 0 N–H and O–H groups in total. The van der Waals surface area contributed by atoms with E-state index in [2.05, 4.69) is 15.9 Å². The van der Waals surface area contributed by atoms with Crippen molar-refractivity contribution in [2.75, 3.05) is 19.0 Å². The third kappa shape index (κ3) is 3.31. The molecular weight excluding hydrogens is 395 g/mol. The number of Topliss-reactive ketones (excluding diaryl/α,β-unsaturated/α-hetero) is 1. The molecule has 1 aromatic heterocycles. The van der Waals surface area contributed by atoms with E-state index in [1.165, 1.54) is 18.4 Å². The minimum absolute atomic E-state index is 0.0516. The van der Waals surface area contributed by atoms with E-state index in [1.54, 1.807) is 12.1 Å². The summed E-state index contributed by atoms with van der Waals surface area (Å²) in [6.07, 6.45) is 3.42. The average Bonchev–Trinajstić information content (AvgIpc) is 3.23. The van der Waals surface area contributed by atoms with Gasteiger partial charge in [-0.1, -0.05) is 22.9 Å². The number of thiophene rings is 1. The number of hydrogen-bond acceptors (Lipinski definition) is 4. The molecule has 1 aliphatic rings. The van der Waals surface area contributed by atoms with Crippen LogP contribution in [0, 0.1) is 11.2 Å². The zero-order valence-electron chi connectivity index (χ0n) is 13.8. The highest BCUT2D eigenvalue weighted by molar-refractivity contribution is 9.09. The Bertz CT molecular complexity index is 767. The molecule has 0 unspecified atom stereocenters. The minimum atomic E-state index is -0.443. The van der Waals surface area contributed by atoms with Crippen molar-refractivity contribution in [1.82, 2.24) is 0 Å². The molecule has 0 radical (unpaired) electrons. The van der Waals surface area contributed by atoms with E-state index in [-0.39, 0.29) is 16.9 Å². The van der Waals surface area contributed by atoms with Crippen LogP contribution in [0.2, 0.25) is 0 Å². The molecule has 6 heteroatoms. The first kappa shape index (κ1) is 17.7. The van der Waals surface area contributed by atoms with Gasteiger partial charge >= 0.3 is 0 Å². The van der Waals surface area contributed by atoms with E-state index in [9.17, 15) is 9.18 Å². The van der Waals surface area contributed by atoms with E-state index in [0.717, 1.165) is 24.6 Å². The zero-order valence-corrected chi connectivity index (χ0v) is 16.2. The number of ether oxygens (including phenoxy) is 2. The summed E-state index contributed by atoms with van der Waals surface area (Å²) in [5, 5.41) is 1.28. The van der Waals surface area contributed by atoms with Crippen molar-refractivity contribution < 1.29 is 18.7 Å². The van der Waals surface area contributed by atoms with E-state index in [0.29, 0.717) is 33.7 Å². The molecule has 3 nitrogen and oxygen atoms in total. The Morgan fingerprint density at radius 1 is 1.42 bits per heavy atom. The Labute approximate surface area is 153 Å². The van der Waals surface area contributed by atoms with Crippen LogP contribution in [0.15, 0.2) is 12.1 Å². The molecule has 0 spiro atoms. The van der Waals surface area contributed by atoms with Crippen LogP contribution in [0.3, 0.4) is 0 Å². The smallest absolute Gasteiger partial charge is 0.197 e. The molecular formula is C18H20BrFO3S. The molecule has 0 amide bonds. The maximum absolute atomic E-state index is 15.0. The predicted octanol–water partition coefficient (Wildman–Crippen LogP) is 5.59. The lowest BCUT2D eigenvalue weighted by Gasteiger charge is -2.16. The molecule has 1 fully saturated rings. The summed E-state index contributed by atoms with van der Waals surface area (Å²) in [7, 11) is 1.50. The normalized spacial score (nSPS) is 15.5. The predicted molar refractivity (Wildman–Crippen MR) is 98.5 cm³/mol. The van der Waals surface area contributed by atoms with E-state index >= 15 is 0 Å². The Morgan fingerprint density at radius 3 is 2.75 bits per heavy atom. The Kier molecular flexibility index (Phi) is 5.16. The zero-order chi connectivity index (χ0) is 17.3. The Morgan fingerprint density at radius 2 is 2.17 bits per heavy atom. The van der Waals surface area contributed by atoms with Gasteiger partial charge in [0.15, 0.2) is 23.1 Å². The molecule has 0 bridgehead atoms. The van der Waals surface area contributed by atoms with Gasteiger partial charge in [-0.25, -0.2) is 4.39 Å². The van der Waals surface area contributed by atoms with Gasteiger partial charge in [0.05, 0.1) is 18.6 Å². The first-order valence-electron chi connectivity index (χ1n) is 8.05. The van der Waals surface area contributed by atoms with Crippen LogP contribution in [0.25, 0.3) is 10.1 Å². The van der Waals surface area contributed by atoms with Gasteiger partial charge in [0.1, 0.15) is 0 Å². The van der Waals surface area contributed by atoms with Crippen molar-refractivity contribution in [2.45, 2.75) is 32.6 Å². The molecule has 1 heterocycles. The van der Waals surface area contributed by atoms with Gasteiger partial charge in [-0.05, 0) is 25.3 Å². The van der Waals surface area contributed by atoms with Crippen LogP contribution in [-0.2, 0) is 0 Å². The maximum atomic E-state index is 15.0. The quantitative estimate of drug-likeness (QED) is 0.417. The number of carbonyl (C=O) groups is 1. The van der Waals surface area contributed by atoms with Crippen LogP contribution in [0.1, 0.15) is 42.3 Å². The third-order valence-electron chi connectivity index (χ3n) is 4.42. The van der Waals surface area contributed by atoms with Crippen LogP contribution < -0.4 is 9.47 Å². The summed E-state index contributed by atoms with van der Waals surface area (Å²) < 4.78 is 26.8. The molecule has 0 aliphatic heterocycles. The number of hydrogen-bond donors (Lipinski definition) is 0. The minimum Gasteiger partial charge on any atom is -0.493 e. The highest BCUT2D eigenvalue weighted by Crippen LogP contribution is 2.48. The lowest BCUT2D eigenvalue weighted by molar-refractivity contribution is 0.0985. The van der Waals surface area contributed by atoms with Gasteiger partial charge in [-0.15, -0.1) is 11.3 Å². The van der Waals surface area contributed by atoms with Gasteiger partial charge in [-0.2, -0.15) is 0 Å². The van der Waals surface area contributed by atoms with Crippen molar-refractivity contribution in [2.24, 2.45) is 5.41 Å². The Hall–Kier alpha value is -1.14. The lowest BCUT2D eigenvalue weighted by Crippen LogP contribution is -2.15. The standard InChI is InChI=1S/C18H20BrFO3S/c1-3-4-12(21)15-7-11-14(24-15)8-13(22-2)17(16(11)20)23-10-18(9-19)5-6-18/h7-8H,3-6,9-10H2,1-2H3. The summed E-state index contributed by atoms with van der Waals surface area (Å²) in [5.74, 6) is 0.128.